The van der Waals surface area contributed by atoms with Gasteiger partial charge in [-0.3, -0.25) is 19.4 Å². The van der Waals surface area contributed by atoms with E-state index >= 15 is 0 Å². The maximum atomic E-state index is 13.1. The van der Waals surface area contributed by atoms with Crippen LogP contribution in [0.25, 0.3) is 10.2 Å². The molecule has 2 aromatic rings. The van der Waals surface area contributed by atoms with Crippen LogP contribution >= 0.6 is 30.9 Å². The van der Waals surface area contributed by atoms with Crippen LogP contribution in [-0.2, 0) is 24.4 Å². The normalized spacial score (nSPS) is 15.6. The number of anilines is 1. The Kier molecular flexibility index (Phi) is 9.62. The van der Waals surface area contributed by atoms with Crippen LogP contribution in [0.5, 0.6) is 0 Å². The van der Waals surface area contributed by atoms with Crippen LogP contribution in [0, 0.1) is 5.41 Å². The fourth-order valence-electron chi connectivity index (χ4n) is 4.34. The largest absolute Gasteiger partial charge is 0.524 e. The Bertz CT molecular complexity index is 1370. The highest BCUT2D eigenvalue weighted by Gasteiger charge is 2.34. The lowest BCUT2D eigenvalue weighted by Crippen LogP contribution is -2.32. The van der Waals surface area contributed by atoms with Crippen LogP contribution in [0.2, 0.25) is 0 Å². The van der Waals surface area contributed by atoms with Crippen LogP contribution in [-0.4, -0.2) is 43.5 Å². The summed E-state index contributed by atoms with van der Waals surface area (Å²) in [6, 6.07) is 4.48. The molecule has 0 bridgehead atoms. The first-order valence-corrected chi connectivity index (χ1v) is 15.2. The molecule has 1 heterocycles. The first kappa shape index (κ1) is 30.1. The molecular formula is C25H32N3O7PS2. The van der Waals surface area contributed by atoms with Gasteiger partial charge in [-0.2, -0.15) is 11.8 Å². The van der Waals surface area contributed by atoms with Crippen molar-refractivity contribution in [3.63, 3.8) is 0 Å². The molecule has 13 heteroatoms. The number of hydrogen-bond acceptors (Lipinski definition) is 8. The molecule has 1 aromatic carbocycles. The van der Waals surface area contributed by atoms with Gasteiger partial charge in [0.15, 0.2) is 0 Å². The number of aromatic nitrogens is 1. The van der Waals surface area contributed by atoms with Gasteiger partial charge in [-0.05, 0) is 43.2 Å². The minimum atomic E-state index is -4.79. The summed E-state index contributed by atoms with van der Waals surface area (Å²) in [5.41, 5.74) is 8.43. The number of fused-ring (bicyclic) bond motifs is 1. The molecule has 3 rings (SSSR count). The molecule has 0 aliphatic heterocycles. The summed E-state index contributed by atoms with van der Waals surface area (Å²) < 4.78 is 17.6. The van der Waals surface area contributed by atoms with Crippen LogP contribution in [0.1, 0.15) is 45.5 Å². The number of carbonyl (C=O) groups excluding carboxylic acids is 1. The minimum Gasteiger partial charge on any atom is -0.480 e. The van der Waals surface area contributed by atoms with Gasteiger partial charge >= 0.3 is 13.8 Å². The summed E-state index contributed by atoms with van der Waals surface area (Å²) in [7, 11) is -4.79. The number of hydrogen-bond donors (Lipinski definition) is 5. The molecule has 0 saturated carbocycles. The molecule has 1 unspecified atom stereocenters. The van der Waals surface area contributed by atoms with Crippen molar-refractivity contribution in [2.75, 3.05) is 11.1 Å². The second-order valence-electron chi connectivity index (χ2n) is 9.72. The number of nitrogens with zero attached hydrogens (tertiary/aromatic N) is 1. The molecule has 10 nitrogen and oxygen atoms in total. The average Bonchev–Trinajstić information content (AvgIpc) is 3.10. The summed E-state index contributed by atoms with van der Waals surface area (Å²) in [6.07, 6.45) is 3.99. The third-order valence-electron chi connectivity index (χ3n) is 5.79. The van der Waals surface area contributed by atoms with E-state index in [-0.39, 0.29) is 30.3 Å². The Morgan fingerprint density at radius 2 is 2.03 bits per heavy atom. The van der Waals surface area contributed by atoms with Gasteiger partial charge in [-0.15, -0.1) is 11.3 Å². The molecule has 206 valence electrons. The Morgan fingerprint density at radius 3 is 2.68 bits per heavy atom. The Labute approximate surface area is 229 Å². The second-order valence-corrected chi connectivity index (χ2v) is 13.0. The number of rotatable bonds is 11. The predicted octanol–water partition coefficient (Wildman–Crippen LogP) is 4.96. The number of allylic oxidation sites excluding steroid dienone is 5. The van der Waals surface area contributed by atoms with Crippen molar-refractivity contribution >= 4 is 58.7 Å². The van der Waals surface area contributed by atoms with E-state index < -0.39 is 25.2 Å². The number of thioether (sulfide) groups is 1. The molecule has 1 atom stereocenters. The van der Waals surface area contributed by atoms with Crippen LogP contribution in [0.3, 0.4) is 0 Å². The molecule has 1 aliphatic carbocycles. The van der Waals surface area contributed by atoms with E-state index in [1.54, 1.807) is 6.07 Å². The molecule has 38 heavy (non-hydrogen) atoms. The highest BCUT2D eigenvalue weighted by molar-refractivity contribution is 7.98. The third-order valence-corrected chi connectivity index (χ3v) is 8.52. The molecule has 6 N–H and O–H groups in total. The molecule has 1 aromatic heterocycles. The lowest BCUT2D eigenvalue weighted by Gasteiger charge is -2.30. The van der Waals surface area contributed by atoms with Gasteiger partial charge in [0.05, 0.1) is 10.2 Å². The molecule has 0 spiro atoms. The first-order chi connectivity index (χ1) is 17.6. The number of benzene rings is 1. The number of nitrogens with one attached hydrogen (secondary N) is 1. The number of carbonyl (C=O) groups is 2. The number of phosphoric acid groups is 1. The Balaban J connectivity index is 1.74. The van der Waals surface area contributed by atoms with Gasteiger partial charge in [-0.1, -0.05) is 31.6 Å². The number of nitrogens with two attached hydrogens (primary N) is 1. The zero-order chi connectivity index (χ0) is 28.3. The van der Waals surface area contributed by atoms with E-state index in [4.69, 9.17) is 15.4 Å². The van der Waals surface area contributed by atoms with Gasteiger partial charge in [0, 0.05) is 35.4 Å². The highest BCUT2D eigenvalue weighted by atomic mass is 32.2. The van der Waals surface area contributed by atoms with Gasteiger partial charge in [-0.25, -0.2) is 9.55 Å². The highest BCUT2D eigenvalue weighted by Crippen LogP contribution is 2.47. The average molecular weight is 582 g/mol. The minimum absolute atomic E-state index is 0.0486. The monoisotopic (exact) mass is 581 g/mol. The van der Waals surface area contributed by atoms with Gasteiger partial charge < -0.3 is 20.7 Å². The number of aliphatic carboxylic acids is 1. The van der Waals surface area contributed by atoms with Crippen molar-refractivity contribution in [1.82, 2.24) is 4.98 Å². The van der Waals surface area contributed by atoms with Crippen molar-refractivity contribution in [3.05, 3.63) is 57.8 Å². The summed E-state index contributed by atoms with van der Waals surface area (Å²) in [5.74, 6) is -0.330. The lowest BCUT2D eigenvalue weighted by atomic mass is 9.76. The molecule has 0 fully saturated rings. The Morgan fingerprint density at radius 1 is 1.32 bits per heavy atom. The second kappa shape index (κ2) is 12.1. The van der Waals surface area contributed by atoms with E-state index in [1.807, 2.05) is 52.0 Å². The molecule has 1 aliphatic rings. The third kappa shape index (κ3) is 8.26. The maximum absolute atomic E-state index is 13.1. The number of phosphoric ester groups is 1. The summed E-state index contributed by atoms with van der Waals surface area (Å²) in [5, 5.41) is 12.6. The smallest absolute Gasteiger partial charge is 0.480 e. The zero-order valence-corrected chi connectivity index (χ0v) is 24.1. The Hall–Kier alpha value is -2.47. The van der Waals surface area contributed by atoms with E-state index in [0.29, 0.717) is 17.0 Å². The van der Waals surface area contributed by atoms with E-state index in [1.165, 1.54) is 23.1 Å². The molecule has 1 amide bonds. The summed E-state index contributed by atoms with van der Waals surface area (Å²) >= 11 is 2.86. The topological polar surface area (TPSA) is 172 Å². The van der Waals surface area contributed by atoms with Crippen molar-refractivity contribution in [2.45, 2.75) is 52.3 Å². The van der Waals surface area contributed by atoms with Crippen molar-refractivity contribution < 1.29 is 33.6 Å². The van der Waals surface area contributed by atoms with E-state index in [2.05, 4.69) is 10.3 Å². The van der Waals surface area contributed by atoms with Gasteiger partial charge in [0.1, 0.15) is 16.8 Å². The quantitative estimate of drug-likeness (QED) is 0.228. The predicted molar refractivity (Wildman–Crippen MR) is 151 cm³/mol. The van der Waals surface area contributed by atoms with E-state index in [0.717, 1.165) is 26.4 Å². The van der Waals surface area contributed by atoms with Crippen LogP contribution < -0.4 is 11.1 Å². The van der Waals surface area contributed by atoms with Crippen LogP contribution in [0.15, 0.2) is 52.8 Å². The van der Waals surface area contributed by atoms with Crippen LogP contribution in [0.4, 0.5) is 5.69 Å². The number of carboxylic acid groups (broad SMARTS) is 1. The van der Waals surface area contributed by atoms with E-state index in [9.17, 15) is 23.9 Å². The fraction of sp³-hybridized carbons (Fsp3) is 0.400. The number of thiazole rings is 1. The maximum Gasteiger partial charge on any atom is 0.524 e. The van der Waals surface area contributed by atoms with Gasteiger partial charge in [0.25, 0.3) is 0 Å². The SMILES string of the molecule is CC1=CCC(OP(=O)(O)O)=C(C(C)(C)CC(=O)Nc2ccc3nc(CSCC(N)C(=O)O)sc3c2)C(C)=C1. The van der Waals surface area contributed by atoms with Crippen molar-refractivity contribution in [1.29, 1.82) is 0 Å². The summed E-state index contributed by atoms with van der Waals surface area (Å²) in [6.45, 7) is 7.42. The number of amides is 1. The zero-order valence-electron chi connectivity index (χ0n) is 21.6. The number of carboxylic acids is 1. The van der Waals surface area contributed by atoms with Crippen molar-refractivity contribution in [3.8, 4) is 0 Å². The fourth-order valence-corrected chi connectivity index (χ4v) is 6.83. The molecular weight excluding hydrogens is 549 g/mol. The standard InChI is InChI=1S/C25H32N3O7PS2/c1-14-5-8-19(35-36(32,33)34)23(15(2)9-14)25(3,4)11-21(29)27-16-6-7-18-20(10-16)38-22(28-18)13-37-12-17(26)24(30)31/h5-7,9-10,17H,8,11-13,26H2,1-4H3,(H,27,29)(H,30,31)(H2,32,33,34). The summed E-state index contributed by atoms with van der Waals surface area (Å²) in [4.78, 5) is 47.4. The lowest BCUT2D eigenvalue weighted by molar-refractivity contribution is -0.137. The molecule has 0 radical (unpaired) electrons. The van der Waals surface area contributed by atoms with Crippen molar-refractivity contribution in [2.24, 2.45) is 11.1 Å². The van der Waals surface area contributed by atoms with Gasteiger partial charge in [0.2, 0.25) is 5.91 Å². The molecule has 0 saturated heterocycles. The first-order valence-electron chi connectivity index (χ1n) is 11.7.